The third kappa shape index (κ3) is 6.76. The van der Waals surface area contributed by atoms with E-state index in [0.29, 0.717) is 38.2 Å². The second kappa shape index (κ2) is 12.0. The van der Waals surface area contributed by atoms with Gasteiger partial charge in [-0.05, 0) is 61.0 Å². The molecule has 0 atom stereocenters. The van der Waals surface area contributed by atoms with E-state index in [1.165, 1.54) is 29.8 Å². The number of anilines is 2. The normalized spacial score (nSPS) is 11.2. The summed E-state index contributed by atoms with van der Waals surface area (Å²) in [6.07, 6.45) is 1.45. The van der Waals surface area contributed by atoms with Gasteiger partial charge < -0.3 is 10.1 Å². The fourth-order valence-corrected chi connectivity index (χ4v) is 5.78. The minimum Gasteiger partial charge on any atom is -0.487 e. The fraction of sp³-hybridized carbons (Fsp3) is 0.103. The third-order valence-electron chi connectivity index (χ3n) is 5.68. The summed E-state index contributed by atoms with van der Waals surface area (Å²) in [6.45, 7) is 2.04. The molecule has 202 valence electrons. The second-order valence-corrected chi connectivity index (χ2v) is 11.9. The van der Waals surface area contributed by atoms with Gasteiger partial charge in [-0.2, -0.15) is 4.72 Å². The smallest absolute Gasteiger partial charge is 0.241 e. The van der Waals surface area contributed by atoms with E-state index in [1.807, 2.05) is 13.0 Å². The van der Waals surface area contributed by atoms with Crippen LogP contribution in [0, 0.1) is 24.6 Å². The second-order valence-electron chi connectivity index (χ2n) is 8.68. The Kier molecular flexibility index (Phi) is 8.28. The van der Waals surface area contributed by atoms with E-state index in [2.05, 4.69) is 31.8 Å². The van der Waals surface area contributed by atoms with Crippen molar-refractivity contribution in [2.24, 2.45) is 0 Å². The molecule has 0 spiro atoms. The summed E-state index contributed by atoms with van der Waals surface area (Å²) < 4.78 is 47.3. The molecule has 7 nitrogen and oxygen atoms in total. The Morgan fingerprint density at radius 1 is 1.05 bits per heavy atom. The maximum absolute atomic E-state index is 13.4. The first-order valence-corrected chi connectivity index (χ1v) is 14.7. The van der Waals surface area contributed by atoms with Crippen molar-refractivity contribution in [1.29, 1.82) is 0 Å². The largest absolute Gasteiger partial charge is 0.487 e. The van der Waals surface area contributed by atoms with E-state index in [1.54, 1.807) is 54.6 Å². The summed E-state index contributed by atoms with van der Waals surface area (Å²) in [5, 5.41) is 3.64. The van der Waals surface area contributed by atoms with Crippen LogP contribution < -0.4 is 14.8 Å². The van der Waals surface area contributed by atoms with E-state index in [-0.39, 0.29) is 23.9 Å². The molecule has 5 rings (SSSR count). The lowest BCUT2D eigenvalue weighted by Crippen LogP contribution is -2.23. The number of aryl methyl sites for hydroxylation is 1. The van der Waals surface area contributed by atoms with Gasteiger partial charge in [-0.15, -0.1) is 11.3 Å². The number of fused-ring (bicyclic) bond motifs is 1. The highest BCUT2D eigenvalue weighted by molar-refractivity contribution is 7.89. The van der Waals surface area contributed by atoms with Crippen LogP contribution in [0.15, 0.2) is 84.0 Å². The molecule has 2 aromatic heterocycles. The Bertz CT molecular complexity index is 1850. The first-order valence-electron chi connectivity index (χ1n) is 12.0. The number of rotatable bonds is 8. The predicted octanol–water partition coefficient (Wildman–Crippen LogP) is 6.44. The summed E-state index contributed by atoms with van der Waals surface area (Å²) in [4.78, 5) is 9.58. The van der Waals surface area contributed by atoms with Crippen molar-refractivity contribution < 1.29 is 17.5 Å². The van der Waals surface area contributed by atoms with Crippen molar-refractivity contribution in [2.45, 2.75) is 18.4 Å². The Morgan fingerprint density at radius 3 is 2.65 bits per heavy atom. The predicted molar refractivity (Wildman–Crippen MR) is 156 cm³/mol. The highest BCUT2D eigenvalue weighted by Crippen LogP contribution is 2.33. The van der Waals surface area contributed by atoms with Gasteiger partial charge in [0.2, 0.25) is 10.0 Å². The zero-order chi connectivity index (χ0) is 28.1. The minimum absolute atomic E-state index is 0.0344. The molecule has 0 unspecified atom stereocenters. The molecule has 2 heterocycles. The molecule has 0 amide bonds. The maximum Gasteiger partial charge on any atom is 0.241 e. The van der Waals surface area contributed by atoms with Gasteiger partial charge in [0, 0.05) is 5.69 Å². The minimum atomic E-state index is -3.64. The van der Waals surface area contributed by atoms with Gasteiger partial charge in [0.05, 0.1) is 31.6 Å². The van der Waals surface area contributed by atoms with E-state index in [9.17, 15) is 12.8 Å². The summed E-state index contributed by atoms with van der Waals surface area (Å²) in [6, 6.07) is 19.9. The molecular formula is C29H22ClFN4O3S2. The van der Waals surface area contributed by atoms with Crippen molar-refractivity contribution in [1.82, 2.24) is 14.7 Å². The van der Waals surface area contributed by atoms with Gasteiger partial charge >= 0.3 is 0 Å². The van der Waals surface area contributed by atoms with Crippen LogP contribution >= 0.6 is 22.9 Å². The van der Waals surface area contributed by atoms with E-state index < -0.39 is 10.0 Å². The molecule has 0 aliphatic carbocycles. The fourth-order valence-electron chi connectivity index (χ4n) is 3.69. The molecule has 2 N–H and O–H groups in total. The zero-order valence-electron chi connectivity index (χ0n) is 21.1. The van der Waals surface area contributed by atoms with Gasteiger partial charge in [0.15, 0.2) is 5.82 Å². The summed E-state index contributed by atoms with van der Waals surface area (Å²) in [5.74, 6) is 6.57. The molecule has 0 saturated carbocycles. The number of sulfonamides is 1. The number of aromatic nitrogens is 2. The number of ether oxygens (including phenoxy) is 1. The topological polar surface area (TPSA) is 93.2 Å². The van der Waals surface area contributed by atoms with Gasteiger partial charge in [0.25, 0.3) is 0 Å². The monoisotopic (exact) mass is 592 g/mol. The third-order valence-corrected chi connectivity index (χ3v) is 8.44. The van der Waals surface area contributed by atoms with Gasteiger partial charge in [-0.3, -0.25) is 0 Å². The van der Waals surface area contributed by atoms with Crippen LogP contribution in [0.1, 0.15) is 16.0 Å². The summed E-state index contributed by atoms with van der Waals surface area (Å²) in [5.41, 5.74) is 3.07. The van der Waals surface area contributed by atoms with Crippen LogP contribution in [-0.4, -0.2) is 24.9 Å². The van der Waals surface area contributed by atoms with Gasteiger partial charge in [0.1, 0.15) is 24.5 Å². The SMILES string of the molecule is Cc1ccc(S(=O)(=O)NCC#Cc2cc3ncnc(Nc4ccc(OCc5cccc(F)c5)c(Cl)c4)c3s2)cc1. The molecule has 0 fully saturated rings. The average molecular weight is 593 g/mol. The van der Waals surface area contributed by atoms with E-state index >= 15 is 0 Å². The van der Waals surface area contributed by atoms with Gasteiger partial charge in [-0.1, -0.05) is 53.3 Å². The van der Waals surface area contributed by atoms with Crippen molar-refractivity contribution in [3.05, 3.63) is 106 Å². The van der Waals surface area contributed by atoms with Crippen LogP contribution in [0.5, 0.6) is 5.75 Å². The molecule has 40 heavy (non-hydrogen) atoms. The first-order chi connectivity index (χ1) is 19.3. The average Bonchev–Trinajstić information content (AvgIpc) is 3.35. The molecule has 0 aliphatic rings. The van der Waals surface area contributed by atoms with E-state index in [4.69, 9.17) is 16.3 Å². The lowest BCUT2D eigenvalue weighted by Gasteiger charge is -2.11. The molecular weight excluding hydrogens is 571 g/mol. The van der Waals surface area contributed by atoms with E-state index in [0.717, 1.165) is 10.3 Å². The lowest BCUT2D eigenvalue weighted by atomic mass is 10.2. The summed E-state index contributed by atoms with van der Waals surface area (Å²) >= 11 is 7.81. The van der Waals surface area contributed by atoms with Crippen molar-refractivity contribution in [2.75, 3.05) is 11.9 Å². The number of nitrogens with zero attached hydrogens (tertiary/aromatic N) is 2. The summed E-state index contributed by atoms with van der Waals surface area (Å²) in [7, 11) is -3.64. The molecule has 11 heteroatoms. The molecule has 0 saturated heterocycles. The van der Waals surface area contributed by atoms with Crippen LogP contribution in [0.25, 0.3) is 10.2 Å². The molecule has 0 bridgehead atoms. The lowest BCUT2D eigenvalue weighted by molar-refractivity contribution is 0.306. The maximum atomic E-state index is 13.4. The highest BCUT2D eigenvalue weighted by Gasteiger charge is 2.13. The molecule has 5 aromatic rings. The quantitative estimate of drug-likeness (QED) is 0.201. The number of benzene rings is 3. The van der Waals surface area contributed by atoms with Crippen LogP contribution in [-0.2, 0) is 16.6 Å². The molecule has 0 aliphatic heterocycles. The molecule has 3 aromatic carbocycles. The Labute approximate surface area is 240 Å². The van der Waals surface area contributed by atoms with Crippen molar-refractivity contribution in [3.63, 3.8) is 0 Å². The number of thiophene rings is 1. The number of halogens is 2. The number of hydrogen-bond acceptors (Lipinski definition) is 7. The number of hydrogen-bond donors (Lipinski definition) is 2. The highest BCUT2D eigenvalue weighted by atomic mass is 35.5. The zero-order valence-corrected chi connectivity index (χ0v) is 23.5. The van der Waals surface area contributed by atoms with Gasteiger partial charge in [-0.25, -0.2) is 22.8 Å². The number of nitrogens with one attached hydrogen (secondary N) is 2. The van der Waals surface area contributed by atoms with Crippen LogP contribution in [0.3, 0.4) is 0 Å². The Morgan fingerprint density at radius 2 is 1.88 bits per heavy atom. The van der Waals surface area contributed by atoms with Crippen LogP contribution in [0.2, 0.25) is 5.02 Å². The standard InChI is InChI=1S/C29H22ClFN4O3S2/c1-19-7-10-24(11-8-19)40(36,37)34-13-3-6-23-16-26-28(39-23)29(33-18-32-26)35-22-9-12-27(25(30)15-22)38-17-20-4-2-5-21(31)14-20/h2,4-5,7-12,14-16,18,34H,13,17H2,1H3,(H,32,33,35). The molecule has 0 radical (unpaired) electrons. The van der Waals surface area contributed by atoms with Crippen LogP contribution in [0.4, 0.5) is 15.9 Å². The van der Waals surface area contributed by atoms with Crippen molar-refractivity contribution in [3.8, 4) is 17.6 Å². The van der Waals surface area contributed by atoms with Crippen molar-refractivity contribution >= 4 is 54.7 Å². The Hall–Kier alpha value is -4.01. The Balaban J connectivity index is 1.25. The first kappa shape index (κ1) is 27.6.